The Hall–Kier alpha value is -2.60. The molecule has 1 fully saturated rings. The molecule has 28 heavy (non-hydrogen) atoms. The zero-order valence-electron chi connectivity index (χ0n) is 15.8. The van der Waals surface area contributed by atoms with Crippen LogP contribution in [-0.2, 0) is 11.4 Å². The van der Waals surface area contributed by atoms with Crippen LogP contribution in [0, 0.1) is 17.6 Å². The minimum Gasteiger partial charge on any atom is -0.486 e. The van der Waals surface area contributed by atoms with E-state index in [0.29, 0.717) is 12.8 Å². The van der Waals surface area contributed by atoms with E-state index >= 15 is 0 Å². The van der Waals surface area contributed by atoms with Crippen molar-refractivity contribution in [3.8, 4) is 5.75 Å². The van der Waals surface area contributed by atoms with E-state index in [1.54, 1.807) is 0 Å². The van der Waals surface area contributed by atoms with Gasteiger partial charge in [0.1, 0.15) is 18.2 Å². The quantitative estimate of drug-likeness (QED) is 0.532. The molecule has 148 valence electrons. The highest BCUT2D eigenvalue weighted by Gasteiger charge is 2.28. The van der Waals surface area contributed by atoms with Gasteiger partial charge in [0.15, 0.2) is 17.3 Å². The molecule has 1 heterocycles. The van der Waals surface area contributed by atoms with Gasteiger partial charge in [0.2, 0.25) is 0 Å². The van der Waals surface area contributed by atoms with Crippen LogP contribution in [0.1, 0.15) is 35.2 Å². The number of carbonyl (C=O) groups excluding carboxylic acids is 2. The number of benzene rings is 2. The van der Waals surface area contributed by atoms with Crippen molar-refractivity contribution in [2.45, 2.75) is 25.9 Å². The predicted molar refractivity (Wildman–Crippen MR) is 101 cm³/mol. The molecular formula is C22H23F2NO3. The van der Waals surface area contributed by atoms with Crippen LogP contribution in [-0.4, -0.2) is 36.6 Å². The average Bonchev–Trinajstić information content (AvgIpc) is 2.68. The number of ketones is 2. The maximum absolute atomic E-state index is 14.7. The number of Topliss-reactive ketones (excluding diaryl/α,β-unsaturated/α-hetero) is 2. The first kappa shape index (κ1) is 20.1. The molecule has 0 amide bonds. The molecule has 0 spiro atoms. The van der Waals surface area contributed by atoms with Crippen LogP contribution in [0.3, 0.4) is 0 Å². The fourth-order valence-electron chi connectivity index (χ4n) is 3.36. The smallest absolute Gasteiger partial charge is 0.178 e. The lowest BCUT2D eigenvalue weighted by atomic mass is 9.89. The van der Waals surface area contributed by atoms with Gasteiger partial charge in [0, 0.05) is 5.92 Å². The van der Waals surface area contributed by atoms with E-state index in [1.807, 2.05) is 37.4 Å². The van der Waals surface area contributed by atoms with E-state index in [4.69, 9.17) is 4.74 Å². The van der Waals surface area contributed by atoms with Crippen LogP contribution < -0.4 is 4.74 Å². The topological polar surface area (TPSA) is 46.6 Å². The van der Waals surface area contributed by atoms with E-state index in [9.17, 15) is 18.4 Å². The van der Waals surface area contributed by atoms with Crippen molar-refractivity contribution >= 4 is 11.6 Å². The van der Waals surface area contributed by atoms with E-state index in [2.05, 4.69) is 4.90 Å². The SMILES string of the molecule is CN1CCC(C(=O)CC(=O)c2c(F)ccc(OCc3ccccc3)c2F)CC1. The normalized spacial score (nSPS) is 15.4. The van der Waals surface area contributed by atoms with Crippen molar-refractivity contribution in [3.63, 3.8) is 0 Å². The Kier molecular flexibility index (Phi) is 6.52. The second kappa shape index (κ2) is 9.06. The molecule has 0 saturated carbocycles. The van der Waals surface area contributed by atoms with E-state index < -0.39 is 29.4 Å². The molecule has 0 radical (unpaired) electrons. The van der Waals surface area contributed by atoms with Gasteiger partial charge in [-0.1, -0.05) is 30.3 Å². The molecule has 0 N–H and O–H groups in total. The van der Waals surface area contributed by atoms with E-state index in [0.717, 1.165) is 30.8 Å². The minimum absolute atomic E-state index is 0.0888. The lowest BCUT2D eigenvalue weighted by Crippen LogP contribution is -2.34. The summed E-state index contributed by atoms with van der Waals surface area (Å²) in [6, 6.07) is 11.3. The zero-order chi connectivity index (χ0) is 20.1. The average molecular weight is 387 g/mol. The summed E-state index contributed by atoms with van der Waals surface area (Å²) in [6.45, 7) is 1.64. The molecule has 0 bridgehead atoms. The number of hydrogen-bond acceptors (Lipinski definition) is 4. The Morgan fingerprint density at radius 1 is 1.07 bits per heavy atom. The maximum Gasteiger partial charge on any atom is 0.178 e. The standard InChI is InChI=1S/C22H23F2NO3/c1-25-11-9-16(10-12-25)18(26)13-19(27)21-17(23)7-8-20(22(21)24)28-14-15-5-3-2-4-6-15/h2-8,16H,9-14H2,1H3. The number of rotatable bonds is 7. The number of likely N-dealkylation sites (tertiary alicyclic amines) is 1. The second-order valence-electron chi connectivity index (χ2n) is 7.15. The van der Waals surface area contributed by atoms with Gasteiger partial charge < -0.3 is 9.64 Å². The highest BCUT2D eigenvalue weighted by atomic mass is 19.1. The molecule has 1 saturated heterocycles. The lowest BCUT2D eigenvalue weighted by Gasteiger charge is -2.27. The molecule has 1 aliphatic heterocycles. The zero-order valence-corrected chi connectivity index (χ0v) is 15.8. The Morgan fingerprint density at radius 2 is 1.75 bits per heavy atom. The molecule has 1 aliphatic rings. The number of piperidine rings is 1. The molecule has 0 aromatic heterocycles. The number of nitrogens with zero attached hydrogens (tertiary/aromatic N) is 1. The Bertz CT molecular complexity index is 846. The monoisotopic (exact) mass is 387 g/mol. The summed E-state index contributed by atoms with van der Waals surface area (Å²) >= 11 is 0. The predicted octanol–water partition coefficient (Wildman–Crippen LogP) is 4.03. The first-order valence-electron chi connectivity index (χ1n) is 9.35. The largest absolute Gasteiger partial charge is 0.486 e. The van der Waals surface area contributed by atoms with Gasteiger partial charge in [-0.15, -0.1) is 0 Å². The molecule has 3 rings (SSSR count). The molecule has 0 atom stereocenters. The van der Waals surface area contributed by atoms with Gasteiger partial charge in [0.05, 0.1) is 12.0 Å². The van der Waals surface area contributed by atoms with Crippen molar-refractivity contribution in [1.29, 1.82) is 0 Å². The summed E-state index contributed by atoms with van der Waals surface area (Å²) in [5.41, 5.74) is 0.114. The van der Waals surface area contributed by atoms with E-state index in [-0.39, 0.29) is 24.1 Å². The number of hydrogen-bond donors (Lipinski definition) is 0. The first-order chi connectivity index (χ1) is 13.5. The van der Waals surface area contributed by atoms with E-state index in [1.165, 1.54) is 0 Å². The van der Waals surface area contributed by atoms with Crippen molar-refractivity contribution < 1.29 is 23.1 Å². The van der Waals surface area contributed by atoms with Gasteiger partial charge in [-0.3, -0.25) is 9.59 Å². The van der Waals surface area contributed by atoms with Gasteiger partial charge in [-0.2, -0.15) is 0 Å². The summed E-state index contributed by atoms with van der Waals surface area (Å²) < 4.78 is 34.3. The summed E-state index contributed by atoms with van der Waals surface area (Å²) in [4.78, 5) is 27.0. The van der Waals surface area contributed by atoms with Gasteiger partial charge in [0.25, 0.3) is 0 Å². The molecule has 2 aromatic carbocycles. The van der Waals surface area contributed by atoms with Crippen LogP contribution in [0.15, 0.2) is 42.5 Å². The molecule has 4 nitrogen and oxygen atoms in total. The maximum atomic E-state index is 14.7. The summed E-state index contributed by atoms with van der Waals surface area (Å²) in [5.74, 6) is -3.58. The first-order valence-corrected chi connectivity index (χ1v) is 9.35. The Balaban J connectivity index is 1.70. The minimum atomic E-state index is -1.06. The number of ether oxygens (including phenoxy) is 1. The number of halogens is 2. The molecule has 0 aliphatic carbocycles. The summed E-state index contributed by atoms with van der Waals surface area (Å²) in [5, 5.41) is 0. The highest BCUT2D eigenvalue weighted by Crippen LogP contribution is 2.26. The van der Waals surface area contributed by atoms with Crippen LogP contribution in [0.4, 0.5) is 8.78 Å². The third-order valence-corrected chi connectivity index (χ3v) is 5.08. The number of carbonyl (C=O) groups is 2. The highest BCUT2D eigenvalue weighted by molar-refractivity contribution is 6.09. The Morgan fingerprint density at radius 3 is 2.43 bits per heavy atom. The summed E-state index contributed by atoms with van der Waals surface area (Å²) in [6.07, 6.45) is 0.825. The second-order valence-corrected chi connectivity index (χ2v) is 7.15. The van der Waals surface area contributed by atoms with Crippen molar-refractivity contribution in [2.75, 3.05) is 20.1 Å². The lowest BCUT2D eigenvalue weighted by molar-refractivity contribution is -0.123. The molecule has 6 heteroatoms. The fourth-order valence-corrected chi connectivity index (χ4v) is 3.36. The van der Waals surface area contributed by atoms with Crippen molar-refractivity contribution in [2.24, 2.45) is 5.92 Å². The Labute approximate surface area is 163 Å². The van der Waals surface area contributed by atoms with Crippen LogP contribution in [0.2, 0.25) is 0 Å². The fraction of sp³-hybridized carbons (Fsp3) is 0.364. The van der Waals surface area contributed by atoms with Crippen LogP contribution in [0.5, 0.6) is 5.75 Å². The van der Waals surface area contributed by atoms with Gasteiger partial charge >= 0.3 is 0 Å². The third kappa shape index (κ3) is 4.81. The molecular weight excluding hydrogens is 364 g/mol. The van der Waals surface area contributed by atoms with Gasteiger partial charge in [-0.25, -0.2) is 8.78 Å². The molecule has 2 aromatic rings. The van der Waals surface area contributed by atoms with Crippen molar-refractivity contribution in [1.82, 2.24) is 4.90 Å². The van der Waals surface area contributed by atoms with Crippen molar-refractivity contribution in [3.05, 3.63) is 65.2 Å². The van der Waals surface area contributed by atoms with Crippen LogP contribution in [0.25, 0.3) is 0 Å². The van der Waals surface area contributed by atoms with Crippen LogP contribution >= 0.6 is 0 Å². The van der Waals surface area contributed by atoms with Gasteiger partial charge in [-0.05, 0) is 50.7 Å². The molecule has 0 unspecified atom stereocenters. The third-order valence-electron chi connectivity index (χ3n) is 5.08. The summed E-state index contributed by atoms with van der Waals surface area (Å²) in [7, 11) is 1.97.